The molecule has 0 aliphatic heterocycles. The first-order valence-electron chi connectivity index (χ1n) is 7.47. The molecule has 0 bridgehead atoms. The highest BCUT2D eigenvalue weighted by Crippen LogP contribution is 2.35. The van der Waals surface area contributed by atoms with Crippen molar-refractivity contribution in [3.8, 4) is 0 Å². The molecule has 1 saturated carbocycles. The maximum Gasteiger partial charge on any atom is 0.340 e. The van der Waals surface area contributed by atoms with Gasteiger partial charge in [-0.3, -0.25) is 0 Å². The molecular formula is C16H24N2O2. The molecule has 1 aromatic carbocycles. The minimum Gasteiger partial charge on any atom is -0.462 e. The molecule has 110 valence electrons. The van der Waals surface area contributed by atoms with E-state index in [9.17, 15) is 4.79 Å². The van der Waals surface area contributed by atoms with Crippen LogP contribution in [0.25, 0.3) is 0 Å². The molecule has 1 fully saturated rings. The van der Waals surface area contributed by atoms with E-state index >= 15 is 0 Å². The van der Waals surface area contributed by atoms with Gasteiger partial charge in [-0.15, -0.1) is 0 Å². The van der Waals surface area contributed by atoms with Crippen LogP contribution < -0.4 is 11.1 Å². The van der Waals surface area contributed by atoms with E-state index in [1.807, 2.05) is 12.1 Å². The molecule has 0 heterocycles. The molecule has 1 unspecified atom stereocenters. The number of carbonyl (C=O) groups excluding carboxylic acids is 1. The quantitative estimate of drug-likeness (QED) is 0.591. The lowest BCUT2D eigenvalue weighted by Gasteiger charge is -2.20. The molecule has 1 atom stereocenters. The van der Waals surface area contributed by atoms with Crippen LogP contribution in [-0.2, 0) is 4.74 Å². The standard InChI is InChI=1S/C16H24N2O2/c1-3-12(10-11-8-9-11)18-14-7-5-6-13(15(14)17)16(19)20-4-2/h5-7,11-12,18H,3-4,8-10,17H2,1-2H3. The summed E-state index contributed by atoms with van der Waals surface area (Å²) >= 11 is 0. The number of ether oxygens (including phenoxy) is 1. The predicted molar refractivity (Wildman–Crippen MR) is 81.9 cm³/mol. The van der Waals surface area contributed by atoms with Gasteiger partial charge in [0, 0.05) is 6.04 Å². The summed E-state index contributed by atoms with van der Waals surface area (Å²) < 4.78 is 5.02. The topological polar surface area (TPSA) is 64.3 Å². The van der Waals surface area contributed by atoms with Gasteiger partial charge in [0.15, 0.2) is 0 Å². The molecule has 0 radical (unpaired) electrons. The molecule has 20 heavy (non-hydrogen) atoms. The largest absolute Gasteiger partial charge is 0.462 e. The fraction of sp³-hybridized carbons (Fsp3) is 0.562. The first-order chi connectivity index (χ1) is 9.65. The Balaban J connectivity index is 2.10. The molecule has 4 nitrogen and oxygen atoms in total. The predicted octanol–water partition coefficient (Wildman–Crippen LogP) is 3.44. The Labute approximate surface area is 120 Å². The van der Waals surface area contributed by atoms with Crippen molar-refractivity contribution in [3.05, 3.63) is 23.8 Å². The van der Waals surface area contributed by atoms with E-state index in [0.717, 1.165) is 18.0 Å². The van der Waals surface area contributed by atoms with Crippen LogP contribution in [0.3, 0.4) is 0 Å². The average Bonchev–Trinajstić information content (AvgIpc) is 3.24. The van der Waals surface area contributed by atoms with Gasteiger partial charge in [0.2, 0.25) is 0 Å². The van der Waals surface area contributed by atoms with Crippen molar-refractivity contribution < 1.29 is 9.53 Å². The summed E-state index contributed by atoms with van der Waals surface area (Å²) in [6, 6.07) is 5.89. The Kier molecular flexibility index (Phi) is 4.88. The maximum absolute atomic E-state index is 11.8. The molecule has 1 aliphatic carbocycles. The van der Waals surface area contributed by atoms with Crippen molar-refractivity contribution in [1.29, 1.82) is 0 Å². The van der Waals surface area contributed by atoms with Gasteiger partial charge in [0.05, 0.1) is 23.5 Å². The normalized spacial score (nSPS) is 15.7. The number of nitrogen functional groups attached to an aromatic ring is 1. The lowest BCUT2D eigenvalue weighted by atomic mass is 10.1. The SMILES string of the molecule is CCOC(=O)c1cccc(NC(CC)CC2CC2)c1N. The zero-order chi connectivity index (χ0) is 14.5. The van der Waals surface area contributed by atoms with Crippen molar-refractivity contribution in [2.45, 2.75) is 45.6 Å². The van der Waals surface area contributed by atoms with E-state index in [0.29, 0.717) is 23.9 Å². The number of carbonyl (C=O) groups is 1. The van der Waals surface area contributed by atoms with Crippen molar-refractivity contribution in [1.82, 2.24) is 0 Å². The van der Waals surface area contributed by atoms with Gasteiger partial charge in [-0.25, -0.2) is 4.79 Å². The first-order valence-corrected chi connectivity index (χ1v) is 7.47. The summed E-state index contributed by atoms with van der Waals surface area (Å²) in [5, 5.41) is 3.47. The van der Waals surface area contributed by atoms with Crippen LogP contribution in [0.5, 0.6) is 0 Å². The van der Waals surface area contributed by atoms with Crippen LogP contribution in [0.4, 0.5) is 11.4 Å². The Hall–Kier alpha value is -1.71. The zero-order valence-corrected chi connectivity index (χ0v) is 12.3. The highest BCUT2D eigenvalue weighted by atomic mass is 16.5. The third-order valence-corrected chi connectivity index (χ3v) is 3.77. The summed E-state index contributed by atoms with van der Waals surface area (Å²) in [5.74, 6) is 0.505. The number of para-hydroxylation sites is 1. The summed E-state index contributed by atoms with van der Waals surface area (Å²) in [7, 11) is 0. The van der Waals surface area contributed by atoms with Gasteiger partial charge in [0.1, 0.15) is 0 Å². The van der Waals surface area contributed by atoms with Crippen molar-refractivity contribution in [2.75, 3.05) is 17.7 Å². The van der Waals surface area contributed by atoms with E-state index in [1.54, 1.807) is 13.0 Å². The molecule has 1 aliphatic rings. The lowest BCUT2D eigenvalue weighted by Crippen LogP contribution is -2.20. The van der Waals surface area contributed by atoms with E-state index in [-0.39, 0.29) is 5.97 Å². The Bertz CT molecular complexity index is 470. The van der Waals surface area contributed by atoms with E-state index in [4.69, 9.17) is 10.5 Å². The van der Waals surface area contributed by atoms with Gasteiger partial charge in [-0.05, 0) is 37.8 Å². The highest BCUT2D eigenvalue weighted by molar-refractivity contribution is 5.98. The van der Waals surface area contributed by atoms with Gasteiger partial charge in [-0.1, -0.05) is 25.8 Å². The lowest BCUT2D eigenvalue weighted by molar-refractivity contribution is 0.0527. The molecule has 0 spiro atoms. The minimum atomic E-state index is -0.358. The zero-order valence-electron chi connectivity index (χ0n) is 12.3. The summed E-state index contributed by atoms with van der Waals surface area (Å²) in [6.07, 6.45) is 4.92. The van der Waals surface area contributed by atoms with Gasteiger partial charge < -0.3 is 15.8 Å². The molecule has 0 aromatic heterocycles. The summed E-state index contributed by atoms with van der Waals surface area (Å²) in [5.41, 5.74) is 7.87. The maximum atomic E-state index is 11.8. The van der Waals surface area contributed by atoms with Crippen LogP contribution in [0, 0.1) is 5.92 Å². The fourth-order valence-corrected chi connectivity index (χ4v) is 2.38. The third-order valence-electron chi connectivity index (χ3n) is 3.77. The molecule has 4 heteroatoms. The summed E-state index contributed by atoms with van der Waals surface area (Å²) in [4.78, 5) is 11.8. The third kappa shape index (κ3) is 3.65. The van der Waals surface area contributed by atoms with Crippen LogP contribution in [0.1, 0.15) is 49.9 Å². The average molecular weight is 276 g/mol. The molecule has 3 N–H and O–H groups in total. The summed E-state index contributed by atoms with van der Waals surface area (Å²) in [6.45, 7) is 4.32. The second-order valence-electron chi connectivity index (χ2n) is 5.42. The number of esters is 1. The number of nitrogens with one attached hydrogen (secondary N) is 1. The number of hydrogen-bond acceptors (Lipinski definition) is 4. The molecule has 0 amide bonds. The Morgan fingerprint density at radius 2 is 2.20 bits per heavy atom. The Morgan fingerprint density at radius 1 is 1.45 bits per heavy atom. The molecule has 0 saturated heterocycles. The number of anilines is 2. The first kappa shape index (κ1) is 14.7. The second kappa shape index (κ2) is 6.64. The molecule has 1 aromatic rings. The number of rotatable bonds is 7. The minimum absolute atomic E-state index is 0.356. The monoisotopic (exact) mass is 276 g/mol. The van der Waals surface area contributed by atoms with E-state index in [2.05, 4.69) is 12.2 Å². The van der Waals surface area contributed by atoms with Gasteiger partial charge in [0.25, 0.3) is 0 Å². The van der Waals surface area contributed by atoms with Crippen LogP contribution >= 0.6 is 0 Å². The number of nitrogens with two attached hydrogens (primary N) is 1. The van der Waals surface area contributed by atoms with Crippen molar-refractivity contribution in [3.63, 3.8) is 0 Å². The van der Waals surface area contributed by atoms with Crippen LogP contribution in [0.2, 0.25) is 0 Å². The van der Waals surface area contributed by atoms with Gasteiger partial charge >= 0.3 is 5.97 Å². The number of benzene rings is 1. The van der Waals surface area contributed by atoms with Crippen LogP contribution in [-0.4, -0.2) is 18.6 Å². The molecule has 2 rings (SSSR count). The van der Waals surface area contributed by atoms with Crippen LogP contribution in [0.15, 0.2) is 18.2 Å². The van der Waals surface area contributed by atoms with E-state index in [1.165, 1.54) is 19.3 Å². The second-order valence-corrected chi connectivity index (χ2v) is 5.42. The highest BCUT2D eigenvalue weighted by Gasteiger charge is 2.25. The van der Waals surface area contributed by atoms with Crippen molar-refractivity contribution >= 4 is 17.3 Å². The van der Waals surface area contributed by atoms with Crippen molar-refractivity contribution in [2.24, 2.45) is 5.92 Å². The molecular weight excluding hydrogens is 252 g/mol. The fourth-order valence-electron chi connectivity index (χ4n) is 2.38. The van der Waals surface area contributed by atoms with Gasteiger partial charge in [-0.2, -0.15) is 0 Å². The smallest absolute Gasteiger partial charge is 0.340 e. The number of hydrogen-bond donors (Lipinski definition) is 2. The van der Waals surface area contributed by atoms with E-state index < -0.39 is 0 Å². The Morgan fingerprint density at radius 3 is 2.80 bits per heavy atom.